The number of unbranched alkanes of at least 4 members (excludes halogenated alkanes) is 3. The van der Waals surface area contributed by atoms with Crippen LogP contribution in [0.2, 0.25) is 0 Å². The summed E-state index contributed by atoms with van der Waals surface area (Å²) in [6, 6.07) is 7.49. The molecule has 0 aromatic heterocycles. The van der Waals surface area contributed by atoms with E-state index in [1.807, 2.05) is 25.1 Å². The molecule has 0 bridgehead atoms. The Labute approximate surface area is 140 Å². The summed E-state index contributed by atoms with van der Waals surface area (Å²) in [5, 5.41) is 0. The van der Waals surface area contributed by atoms with Gasteiger partial charge in [0.05, 0.1) is 18.8 Å². The van der Waals surface area contributed by atoms with Gasteiger partial charge in [0.2, 0.25) is 6.29 Å². The van der Waals surface area contributed by atoms with Gasteiger partial charge >= 0.3 is 5.97 Å². The molecule has 0 saturated heterocycles. The molecule has 0 saturated carbocycles. The standard InChI is InChI=1S/C19H30O4/c1-4-6-7-10-13-21-14-15-22-16(3)23-19(20)18-12-9-8-11-17(18)5-2/h8-9,11-12,16H,4-7,10,13-15H2,1-3H3. The number of carbonyl (C=O) groups excluding carboxylic acids is 1. The van der Waals surface area contributed by atoms with Gasteiger partial charge in [0.25, 0.3) is 0 Å². The number of aryl methyl sites for hydroxylation is 1. The maximum absolute atomic E-state index is 12.1. The molecule has 23 heavy (non-hydrogen) atoms. The highest BCUT2D eigenvalue weighted by Crippen LogP contribution is 2.12. The Morgan fingerprint density at radius 2 is 1.83 bits per heavy atom. The molecule has 1 rings (SSSR count). The summed E-state index contributed by atoms with van der Waals surface area (Å²) in [4.78, 5) is 12.1. The zero-order valence-corrected chi connectivity index (χ0v) is 14.7. The van der Waals surface area contributed by atoms with E-state index >= 15 is 0 Å². The number of hydrogen-bond donors (Lipinski definition) is 0. The van der Waals surface area contributed by atoms with Crippen LogP contribution in [0.15, 0.2) is 24.3 Å². The lowest BCUT2D eigenvalue weighted by Crippen LogP contribution is -2.21. The monoisotopic (exact) mass is 322 g/mol. The first-order valence-electron chi connectivity index (χ1n) is 8.67. The molecule has 4 heteroatoms. The maximum atomic E-state index is 12.1. The Morgan fingerprint density at radius 3 is 2.57 bits per heavy atom. The molecular formula is C19H30O4. The summed E-state index contributed by atoms with van der Waals surface area (Å²) in [7, 11) is 0. The van der Waals surface area contributed by atoms with Crippen LogP contribution in [-0.4, -0.2) is 32.1 Å². The molecule has 1 unspecified atom stereocenters. The quantitative estimate of drug-likeness (QED) is 0.326. The Kier molecular flexibility index (Phi) is 10.3. The van der Waals surface area contributed by atoms with Crippen molar-refractivity contribution in [2.45, 2.75) is 59.2 Å². The summed E-state index contributed by atoms with van der Waals surface area (Å²) in [6.45, 7) is 7.66. The highest BCUT2D eigenvalue weighted by Gasteiger charge is 2.14. The summed E-state index contributed by atoms with van der Waals surface area (Å²) in [5.74, 6) is -0.338. The molecule has 0 aliphatic rings. The fourth-order valence-electron chi connectivity index (χ4n) is 2.28. The van der Waals surface area contributed by atoms with Gasteiger partial charge in [0.1, 0.15) is 0 Å². The zero-order valence-electron chi connectivity index (χ0n) is 14.7. The molecule has 4 nitrogen and oxygen atoms in total. The van der Waals surface area contributed by atoms with Gasteiger partial charge in [-0.1, -0.05) is 51.3 Å². The first-order valence-corrected chi connectivity index (χ1v) is 8.67. The lowest BCUT2D eigenvalue weighted by atomic mass is 10.1. The van der Waals surface area contributed by atoms with Crippen molar-refractivity contribution in [1.82, 2.24) is 0 Å². The second-order valence-corrected chi connectivity index (χ2v) is 5.53. The third kappa shape index (κ3) is 8.14. The molecule has 1 aromatic carbocycles. The second-order valence-electron chi connectivity index (χ2n) is 5.53. The lowest BCUT2D eigenvalue weighted by molar-refractivity contribution is -0.109. The van der Waals surface area contributed by atoms with Gasteiger partial charge in [-0.15, -0.1) is 0 Å². The first kappa shape index (κ1) is 19.7. The summed E-state index contributed by atoms with van der Waals surface area (Å²) >= 11 is 0. The largest absolute Gasteiger partial charge is 0.432 e. The Hall–Kier alpha value is -1.39. The van der Waals surface area contributed by atoms with Crippen molar-refractivity contribution in [2.75, 3.05) is 19.8 Å². The van der Waals surface area contributed by atoms with Crippen molar-refractivity contribution in [1.29, 1.82) is 0 Å². The molecule has 130 valence electrons. The van der Waals surface area contributed by atoms with Crippen LogP contribution >= 0.6 is 0 Å². The normalized spacial score (nSPS) is 12.1. The van der Waals surface area contributed by atoms with E-state index in [2.05, 4.69) is 6.92 Å². The van der Waals surface area contributed by atoms with Crippen molar-refractivity contribution >= 4 is 5.97 Å². The topological polar surface area (TPSA) is 44.8 Å². The van der Waals surface area contributed by atoms with E-state index in [9.17, 15) is 4.79 Å². The molecule has 1 atom stereocenters. The number of esters is 1. The van der Waals surface area contributed by atoms with E-state index in [-0.39, 0.29) is 5.97 Å². The van der Waals surface area contributed by atoms with Crippen LogP contribution in [0.5, 0.6) is 0 Å². The Morgan fingerprint density at radius 1 is 1.04 bits per heavy atom. The summed E-state index contributed by atoms with van der Waals surface area (Å²) in [6.07, 6.45) is 5.01. The van der Waals surface area contributed by atoms with Crippen LogP contribution in [0.25, 0.3) is 0 Å². The molecule has 0 spiro atoms. The van der Waals surface area contributed by atoms with Crippen LogP contribution in [-0.2, 0) is 20.6 Å². The van der Waals surface area contributed by atoms with Crippen molar-refractivity contribution < 1.29 is 19.0 Å². The Balaban J connectivity index is 2.18. The van der Waals surface area contributed by atoms with Gasteiger partial charge in [-0.25, -0.2) is 4.79 Å². The van der Waals surface area contributed by atoms with Crippen LogP contribution in [0, 0.1) is 0 Å². The van der Waals surface area contributed by atoms with E-state index in [1.54, 1.807) is 13.0 Å². The molecule has 0 amide bonds. The van der Waals surface area contributed by atoms with Gasteiger partial charge in [-0.3, -0.25) is 0 Å². The van der Waals surface area contributed by atoms with Crippen LogP contribution in [0.3, 0.4) is 0 Å². The zero-order chi connectivity index (χ0) is 16.9. The molecular weight excluding hydrogens is 292 g/mol. The minimum absolute atomic E-state index is 0.338. The van der Waals surface area contributed by atoms with Gasteiger partial charge in [-0.05, 0) is 31.4 Å². The molecule has 0 aliphatic carbocycles. The van der Waals surface area contributed by atoms with Gasteiger partial charge in [0, 0.05) is 6.61 Å². The maximum Gasteiger partial charge on any atom is 0.340 e. The molecule has 0 aliphatic heterocycles. The summed E-state index contributed by atoms with van der Waals surface area (Å²) in [5.41, 5.74) is 1.60. The number of carbonyl (C=O) groups is 1. The highest BCUT2D eigenvalue weighted by atomic mass is 16.7. The van der Waals surface area contributed by atoms with Crippen molar-refractivity contribution in [3.63, 3.8) is 0 Å². The van der Waals surface area contributed by atoms with Crippen molar-refractivity contribution in [2.24, 2.45) is 0 Å². The molecule has 0 heterocycles. The van der Waals surface area contributed by atoms with E-state index in [1.165, 1.54) is 19.3 Å². The average Bonchev–Trinajstić information content (AvgIpc) is 2.57. The molecule has 0 radical (unpaired) electrons. The number of hydrogen-bond acceptors (Lipinski definition) is 4. The first-order chi connectivity index (χ1) is 11.2. The van der Waals surface area contributed by atoms with Crippen LogP contribution < -0.4 is 0 Å². The SMILES string of the molecule is CCCCCCOCCOC(C)OC(=O)c1ccccc1CC. The van der Waals surface area contributed by atoms with Gasteiger partial charge in [0.15, 0.2) is 0 Å². The fraction of sp³-hybridized carbons (Fsp3) is 0.632. The number of rotatable bonds is 12. The molecule has 0 N–H and O–H groups in total. The van der Waals surface area contributed by atoms with E-state index in [0.29, 0.717) is 18.8 Å². The lowest BCUT2D eigenvalue weighted by Gasteiger charge is -2.15. The van der Waals surface area contributed by atoms with Crippen LogP contribution in [0.4, 0.5) is 0 Å². The third-order valence-corrected chi connectivity index (χ3v) is 3.61. The van der Waals surface area contributed by atoms with E-state index in [4.69, 9.17) is 14.2 Å². The van der Waals surface area contributed by atoms with Crippen LogP contribution in [0.1, 0.15) is 62.4 Å². The molecule has 0 fully saturated rings. The number of ether oxygens (including phenoxy) is 3. The summed E-state index contributed by atoms with van der Waals surface area (Å²) < 4.78 is 16.3. The minimum atomic E-state index is -0.573. The molecule has 1 aromatic rings. The third-order valence-electron chi connectivity index (χ3n) is 3.61. The average molecular weight is 322 g/mol. The predicted octanol–water partition coefficient (Wildman–Crippen LogP) is 4.37. The van der Waals surface area contributed by atoms with E-state index < -0.39 is 6.29 Å². The minimum Gasteiger partial charge on any atom is -0.432 e. The Bertz CT molecular complexity index is 445. The smallest absolute Gasteiger partial charge is 0.340 e. The second kappa shape index (κ2) is 12.1. The van der Waals surface area contributed by atoms with Crippen molar-refractivity contribution in [3.05, 3.63) is 35.4 Å². The van der Waals surface area contributed by atoms with E-state index in [0.717, 1.165) is 25.0 Å². The number of benzene rings is 1. The van der Waals surface area contributed by atoms with Gasteiger partial charge < -0.3 is 14.2 Å². The fourth-order valence-corrected chi connectivity index (χ4v) is 2.28. The predicted molar refractivity (Wildman–Crippen MR) is 91.6 cm³/mol. The van der Waals surface area contributed by atoms with Crippen molar-refractivity contribution in [3.8, 4) is 0 Å². The van der Waals surface area contributed by atoms with Gasteiger partial charge in [-0.2, -0.15) is 0 Å². The highest BCUT2D eigenvalue weighted by molar-refractivity contribution is 5.91.